The summed E-state index contributed by atoms with van der Waals surface area (Å²) in [7, 11) is 0. The minimum atomic E-state index is -0.470. The van der Waals surface area contributed by atoms with Crippen molar-refractivity contribution in [3.05, 3.63) is 42.7 Å². The molecule has 6 heteroatoms. The summed E-state index contributed by atoms with van der Waals surface area (Å²) in [5.41, 5.74) is 0.620. The highest BCUT2D eigenvalue weighted by Crippen LogP contribution is 2.18. The average Bonchev–Trinajstić information content (AvgIpc) is 3.02. The van der Waals surface area contributed by atoms with E-state index >= 15 is 0 Å². The topological polar surface area (TPSA) is 59.4 Å². The maximum Gasteiger partial charge on any atom is 0.410 e. The molecule has 1 saturated heterocycles. The molecule has 1 aromatic carbocycles. The van der Waals surface area contributed by atoms with Gasteiger partial charge < -0.3 is 19.5 Å². The van der Waals surface area contributed by atoms with Crippen LogP contribution in [-0.2, 0) is 11.3 Å². The van der Waals surface area contributed by atoms with Crippen LogP contribution in [0.1, 0.15) is 20.8 Å². The Labute approximate surface area is 148 Å². The van der Waals surface area contributed by atoms with Gasteiger partial charge in [0.25, 0.3) is 0 Å². The lowest BCUT2D eigenvalue weighted by Crippen LogP contribution is -2.54. The Morgan fingerprint density at radius 3 is 2.80 bits per heavy atom. The van der Waals surface area contributed by atoms with Crippen LogP contribution in [0.2, 0.25) is 0 Å². The van der Waals surface area contributed by atoms with E-state index in [1.165, 1.54) is 0 Å². The Bertz CT molecular complexity index is 706. The third-order valence-electron chi connectivity index (χ3n) is 4.07. The number of nitrogens with one attached hydrogen (secondary N) is 1. The van der Waals surface area contributed by atoms with Crippen LogP contribution in [0.3, 0.4) is 0 Å². The van der Waals surface area contributed by atoms with Crippen LogP contribution in [0, 0.1) is 0 Å². The van der Waals surface area contributed by atoms with E-state index in [1.54, 1.807) is 4.90 Å². The average molecular weight is 342 g/mol. The number of rotatable bonds is 3. The van der Waals surface area contributed by atoms with Crippen LogP contribution >= 0.6 is 0 Å². The van der Waals surface area contributed by atoms with E-state index in [0.717, 1.165) is 24.5 Å². The summed E-state index contributed by atoms with van der Waals surface area (Å²) in [6.45, 7) is 8.48. The summed E-state index contributed by atoms with van der Waals surface area (Å²) in [5, 5.41) is 3.49. The van der Waals surface area contributed by atoms with Crippen LogP contribution in [0.15, 0.2) is 42.7 Å². The molecule has 1 aliphatic heterocycles. The van der Waals surface area contributed by atoms with Crippen LogP contribution < -0.4 is 5.32 Å². The van der Waals surface area contributed by atoms with Crippen molar-refractivity contribution < 1.29 is 9.53 Å². The highest BCUT2D eigenvalue weighted by Gasteiger charge is 2.27. The molecule has 0 saturated carbocycles. The molecule has 1 atom stereocenters. The fourth-order valence-corrected chi connectivity index (χ4v) is 2.98. The quantitative estimate of drug-likeness (QED) is 0.932. The summed E-state index contributed by atoms with van der Waals surface area (Å²) in [6.07, 6.45) is 3.56. The van der Waals surface area contributed by atoms with Crippen molar-refractivity contribution in [2.24, 2.45) is 0 Å². The molecular weight excluding hydrogens is 316 g/mol. The van der Waals surface area contributed by atoms with Crippen molar-refractivity contribution in [1.29, 1.82) is 0 Å². The minimum absolute atomic E-state index is 0.165. The number of imidazole rings is 1. The molecule has 1 fully saturated rings. The minimum Gasteiger partial charge on any atom is -0.444 e. The predicted octanol–water partition coefficient (Wildman–Crippen LogP) is 2.76. The second-order valence-electron chi connectivity index (χ2n) is 7.35. The van der Waals surface area contributed by atoms with Gasteiger partial charge in [0.2, 0.25) is 0 Å². The molecule has 2 aromatic rings. The Hall–Kier alpha value is -2.34. The number of amides is 1. The fraction of sp³-hybridized carbons (Fsp3) is 0.474. The van der Waals surface area contributed by atoms with Crippen molar-refractivity contribution in [3.8, 4) is 11.4 Å². The molecule has 2 heterocycles. The van der Waals surface area contributed by atoms with Crippen LogP contribution in [0.25, 0.3) is 11.4 Å². The van der Waals surface area contributed by atoms with E-state index in [1.807, 2.05) is 51.4 Å². The first-order chi connectivity index (χ1) is 11.9. The summed E-state index contributed by atoms with van der Waals surface area (Å²) in [4.78, 5) is 18.6. The number of hydrogen-bond acceptors (Lipinski definition) is 4. The van der Waals surface area contributed by atoms with Gasteiger partial charge in [-0.05, 0) is 20.8 Å². The van der Waals surface area contributed by atoms with Gasteiger partial charge in [0.05, 0.1) is 0 Å². The standard InChI is InChI=1S/C19H26N4O2/c1-19(2,3)25-18(24)23-12-9-20-16(14-23)13-22-11-10-21-17(22)15-7-5-4-6-8-15/h4-8,10-11,16,20H,9,12-14H2,1-3H3/t16-/m1/s1. The third kappa shape index (κ3) is 4.60. The van der Waals surface area contributed by atoms with Crippen molar-refractivity contribution in [2.75, 3.05) is 19.6 Å². The van der Waals surface area contributed by atoms with E-state index in [9.17, 15) is 4.79 Å². The maximum absolute atomic E-state index is 12.3. The second-order valence-corrected chi connectivity index (χ2v) is 7.35. The first-order valence-electron chi connectivity index (χ1n) is 8.70. The van der Waals surface area contributed by atoms with Crippen LogP contribution in [0.4, 0.5) is 4.79 Å². The SMILES string of the molecule is CC(C)(C)OC(=O)N1CCN[C@H](Cn2ccnc2-c2ccccc2)C1. The number of ether oxygens (including phenoxy) is 1. The van der Waals surface area contributed by atoms with Gasteiger partial charge in [-0.25, -0.2) is 9.78 Å². The Kier molecular flexibility index (Phi) is 5.08. The lowest BCUT2D eigenvalue weighted by Gasteiger charge is -2.35. The smallest absolute Gasteiger partial charge is 0.410 e. The molecule has 1 amide bonds. The Balaban J connectivity index is 1.66. The third-order valence-corrected chi connectivity index (χ3v) is 4.07. The molecule has 0 radical (unpaired) electrons. The van der Waals surface area contributed by atoms with Gasteiger partial charge in [-0.2, -0.15) is 0 Å². The summed E-state index contributed by atoms with van der Waals surface area (Å²) < 4.78 is 7.62. The molecule has 3 rings (SSSR count). The summed E-state index contributed by atoms with van der Waals surface area (Å²) >= 11 is 0. The van der Waals surface area contributed by atoms with E-state index in [2.05, 4.69) is 27.0 Å². The second kappa shape index (κ2) is 7.27. The van der Waals surface area contributed by atoms with Gasteiger partial charge in [0, 0.05) is 50.2 Å². The Morgan fingerprint density at radius 1 is 1.32 bits per heavy atom. The van der Waals surface area contributed by atoms with E-state index in [0.29, 0.717) is 13.1 Å². The van der Waals surface area contributed by atoms with Gasteiger partial charge in [-0.15, -0.1) is 0 Å². The predicted molar refractivity (Wildman–Crippen MR) is 97.3 cm³/mol. The molecule has 0 aliphatic carbocycles. The number of nitrogens with zero attached hydrogens (tertiary/aromatic N) is 3. The van der Waals surface area contributed by atoms with Crippen molar-refractivity contribution >= 4 is 6.09 Å². The zero-order valence-electron chi connectivity index (χ0n) is 15.1. The number of hydrogen-bond donors (Lipinski definition) is 1. The molecule has 0 spiro atoms. The molecule has 1 aliphatic rings. The van der Waals surface area contributed by atoms with Gasteiger partial charge in [0.15, 0.2) is 0 Å². The molecule has 0 bridgehead atoms. The fourth-order valence-electron chi connectivity index (χ4n) is 2.98. The Morgan fingerprint density at radius 2 is 2.08 bits per heavy atom. The number of carbonyl (C=O) groups excluding carboxylic acids is 1. The van der Waals surface area contributed by atoms with Crippen LogP contribution in [-0.4, -0.2) is 51.8 Å². The zero-order valence-corrected chi connectivity index (χ0v) is 15.1. The van der Waals surface area contributed by atoms with Gasteiger partial charge in [0.1, 0.15) is 11.4 Å². The summed E-state index contributed by atoms with van der Waals surface area (Å²) in [6, 6.07) is 10.3. The van der Waals surface area contributed by atoms with E-state index in [-0.39, 0.29) is 12.1 Å². The molecule has 1 N–H and O–H groups in total. The maximum atomic E-state index is 12.3. The van der Waals surface area contributed by atoms with Crippen molar-refractivity contribution in [3.63, 3.8) is 0 Å². The monoisotopic (exact) mass is 342 g/mol. The van der Waals surface area contributed by atoms with Gasteiger partial charge >= 0.3 is 6.09 Å². The molecule has 134 valence electrons. The van der Waals surface area contributed by atoms with Crippen LogP contribution in [0.5, 0.6) is 0 Å². The molecule has 0 unspecified atom stereocenters. The number of benzene rings is 1. The van der Waals surface area contributed by atoms with E-state index < -0.39 is 5.60 Å². The highest BCUT2D eigenvalue weighted by molar-refractivity contribution is 5.68. The van der Waals surface area contributed by atoms with Gasteiger partial charge in [-0.3, -0.25) is 0 Å². The number of aromatic nitrogens is 2. The van der Waals surface area contributed by atoms with Crippen molar-refractivity contribution in [1.82, 2.24) is 19.8 Å². The molecule has 25 heavy (non-hydrogen) atoms. The number of carbonyl (C=O) groups is 1. The van der Waals surface area contributed by atoms with Crippen molar-refractivity contribution in [2.45, 2.75) is 39.0 Å². The lowest BCUT2D eigenvalue weighted by atomic mass is 10.2. The zero-order chi connectivity index (χ0) is 17.9. The molecule has 6 nitrogen and oxygen atoms in total. The van der Waals surface area contributed by atoms with E-state index in [4.69, 9.17) is 4.74 Å². The largest absolute Gasteiger partial charge is 0.444 e. The first-order valence-corrected chi connectivity index (χ1v) is 8.70. The number of piperazine rings is 1. The highest BCUT2D eigenvalue weighted by atomic mass is 16.6. The first kappa shape index (κ1) is 17.5. The lowest BCUT2D eigenvalue weighted by molar-refractivity contribution is 0.0190. The van der Waals surface area contributed by atoms with Gasteiger partial charge in [-0.1, -0.05) is 30.3 Å². The molecular formula is C19H26N4O2. The summed E-state index contributed by atoms with van der Waals surface area (Å²) in [5.74, 6) is 0.941. The molecule has 1 aromatic heterocycles. The normalized spacial score (nSPS) is 18.2.